The fourth-order valence-electron chi connectivity index (χ4n) is 3.20. The van der Waals surface area contributed by atoms with Crippen molar-refractivity contribution in [2.24, 2.45) is 5.92 Å². The van der Waals surface area contributed by atoms with Gasteiger partial charge < -0.3 is 4.90 Å². The SMILES string of the molecule is CN(CCC1CCCCC1)c1ccc([N+](=O)[O-])cc1S(C)(=O)=O. The minimum atomic E-state index is -3.52. The first kappa shape index (κ1) is 17.7. The number of benzene rings is 1. The van der Waals surface area contributed by atoms with Gasteiger partial charge in [0.2, 0.25) is 0 Å². The number of nitro benzene ring substituents is 1. The Labute approximate surface area is 137 Å². The lowest BCUT2D eigenvalue weighted by Crippen LogP contribution is -2.23. The first-order valence-electron chi connectivity index (χ1n) is 7.98. The number of hydrogen-bond donors (Lipinski definition) is 0. The Bertz CT molecular complexity index is 667. The Kier molecular flexibility index (Phi) is 5.62. The minimum Gasteiger partial charge on any atom is -0.374 e. The van der Waals surface area contributed by atoms with E-state index in [2.05, 4.69) is 0 Å². The molecule has 2 rings (SSSR count). The van der Waals surface area contributed by atoms with Gasteiger partial charge in [-0.05, 0) is 18.4 Å². The Morgan fingerprint density at radius 2 is 1.91 bits per heavy atom. The molecule has 1 aromatic rings. The summed E-state index contributed by atoms with van der Waals surface area (Å²) in [6.45, 7) is 0.755. The zero-order valence-corrected chi connectivity index (χ0v) is 14.5. The number of nitro groups is 1. The Morgan fingerprint density at radius 1 is 1.26 bits per heavy atom. The molecule has 0 saturated heterocycles. The first-order chi connectivity index (χ1) is 10.8. The van der Waals surface area contributed by atoms with Crippen LogP contribution in [0.2, 0.25) is 0 Å². The summed E-state index contributed by atoms with van der Waals surface area (Å²) in [5, 5.41) is 10.9. The number of anilines is 1. The van der Waals surface area contributed by atoms with Gasteiger partial charge in [-0.1, -0.05) is 32.1 Å². The van der Waals surface area contributed by atoms with Crippen LogP contribution in [0, 0.1) is 16.0 Å². The highest BCUT2D eigenvalue weighted by Crippen LogP contribution is 2.31. The second kappa shape index (κ2) is 7.29. The van der Waals surface area contributed by atoms with Gasteiger partial charge >= 0.3 is 0 Å². The van der Waals surface area contributed by atoms with Gasteiger partial charge in [0.15, 0.2) is 9.84 Å². The van der Waals surface area contributed by atoms with Gasteiger partial charge in [-0.25, -0.2) is 8.42 Å². The standard InChI is InChI=1S/C16H24N2O4S/c1-17(11-10-13-6-4-3-5-7-13)15-9-8-14(18(19)20)12-16(15)23(2,21)22/h8-9,12-13H,3-7,10-11H2,1-2H3. The van der Waals surface area contributed by atoms with E-state index in [9.17, 15) is 18.5 Å². The molecule has 6 nitrogen and oxygen atoms in total. The molecule has 1 aliphatic carbocycles. The Hall–Kier alpha value is -1.63. The highest BCUT2D eigenvalue weighted by atomic mass is 32.2. The van der Waals surface area contributed by atoms with Gasteiger partial charge in [0, 0.05) is 32.0 Å². The third kappa shape index (κ3) is 4.67. The predicted octanol–water partition coefficient (Wildman–Crippen LogP) is 3.40. The second-order valence-corrected chi connectivity index (χ2v) is 8.38. The van der Waals surface area contributed by atoms with Crippen LogP contribution in [0.25, 0.3) is 0 Å². The van der Waals surface area contributed by atoms with E-state index in [0.29, 0.717) is 11.6 Å². The van der Waals surface area contributed by atoms with Gasteiger partial charge in [0.25, 0.3) is 5.69 Å². The summed E-state index contributed by atoms with van der Waals surface area (Å²) in [7, 11) is -1.68. The molecule has 128 valence electrons. The summed E-state index contributed by atoms with van der Waals surface area (Å²) in [6, 6.07) is 4.05. The van der Waals surface area contributed by atoms with Crippen molar-refractivity contribution in [1.82, 2.24) is 0 Å². The van der Waals surface area contributed by atoms with Crippen LogP contribution in [0.1, 0.15) is 38.5 Å². The number of sulfone groups is 1. The molecule has 0 unspecified atom stereocenters. The number of rotatable bonds is 6. The molecule has 0 atom stereocenters. The van der Waals surface area contributed by atoms with E-state index >= 15 is 0 Å². The molecule has 0 aliphatic heterocycles. The summed E-state index contributed by atoms with van der Waals surface area (Å²) in [5.41, 5.74) is 0.337. The van der Waals surface area contributed by atoms with Crippen molar-refractivity contribution in [2.45, 2.75) is 43.4 Å². The van der Waals surface area contributed by atoms with Crippen molar-refractivity contribution in [2.75, 3.05) is 24.7 Å². The van der Waals surface area contributed by atoms with Crippen LogP contribution in [0.5, 0.6) is 0 Å². The molecule has 1 aliphatic rings. The summed E-state index contributed by atoms with van der Waals surface area (Å²) >= 11 is 0. The molecule has 0 amide bonds. The molecule has 0 radical (unpaired) electrons. The van der Waals surface area contributed by atoms with Gasteiger partial charge in [-0.2, -0.15) is 0 Å². The van der Waals surface area contributed by atoms with Crippen LogP contribution < -0.4 is 4.90 Å². The molecule has 0 spiro atoms. The van der Waals surface area contributed by atoms with Crippen LogP contribution in [-0.2, 0) is 9.84 Å². The quantitative estimate of drug-likeness (QED) is 0.585. The van der Waals surface area contributed by atoms with E-state index < -0.39 is 14.8 Å². The predicted molar refractivity (Wildman–Crippen MR) is 90.7 cm³/mol. The van der Waals surface area contributed by atoms with E-state index in [1.54, 1.807) is 0 Å². The number of non-ortho nitro benzene ring substituents is 1. The summed E-state index contributed by atoms with van der Waals surface area (Å²) in [6.07, 6.45) is 8.47. The Morgan fingerprint density at radius 3 is 2.48 bits per heavy atom. The zero-order valence-electron chi connectivity index (χ0n) is 13.7. The van der Waals surface area contributed by atoms with E-state index in [-0.39, 0.29) is 10.6 Å². The number of nitrogens with zero attached hydrogens (tertiary/aromatic N) is 2. The zero-order chi connectivity index (χ0) is 17.0. The smallest absolute Gasteiger partial charge is 0.270 e. The Balaban J connectivity index is 2.18. The molecular weight excluding hydrogens is 316 g/mol. The lowest BCUT2D eigenvalue weighted by Gasteiger charge is -2.26. The molecule has 1 saturated carbocycles. The van der Waals surface area contributed by atoms with Gasteiger partial charge in [-0.15, -0.1) is 0 Å². The van der Waals surface area contributed by atoms with Crippen LogP contribution >= 0.6 is 0 Å². The third-order valence-corrected chi connectivity index (χ3v) is 5.69. The summed E-state index contributed by atoms with van der Waals surface area (Å²) < 4.78 is 24.0. The molecular formula is C16H24N2O4S. The van der Waals surface area contributed by atoms with E-state index in [1.165, 1.54) is 44.2 Å². The molecule has 23 heavy (non-hydrogen) atoms. The van der Waals surface area contributed by atoms with Crippen LogP contribution in [0.3, 0.4) is 0 Å². The van der Waals surface area contributed by atoms with E-state index in [1.807, 2.05) is 11.9 Å². The molecule has 1 aromatic carbocycles. The highest BCUT2D eigenvalue weighted by molar-refractivity contribution is 7.90. The second-order valence-electron chi connectivity index (χ2n) is 6.40. The van der Waals surface area contributed by atoms with Gasteiger partial charge in [-0.3, -0.25) is 10.1 Å². The van der Waals surface area contributed by atoms with Gasteiger partial charge in [0.05, 0.1) is 15.5 Å². The van der Waals surface area contributed by atoms with Crippen molar-refractivity contribution in [3.63, 3.8) is 0 Å². The van der Waals surface area contributed by atoms with Crippen LogP contribution in [0.15, 0.2) is 23.1 Å². The van der Waals surface area contributed by atoms with Crippen LogP contribution in [-0.4, -0.2) is 33.2 Å². The number of hydrogen-bond acceptors (Lipinski definition) is 5. The molecule has 0 N–H and O–H groups in total. The maximum absolute atomic E-state index is 12.0. The maximum atomic E-state index is 12.0. The molecule has 0 bridgehead atoms. The topological polar surface area (TPSA) is 80.5 Å². The first-order valence-corrected chi connectivity index (χ1v) is 9.88. The van der Waals surface area contributed by atoms with Gasteiger partial charge in [0.1, 0.15) is 0 Å². The van der Waals surface area contributed by atoms with Crippen LogP contribution in [0.4, 0.5) is 11.4 Å². The fraction of sp³-hybridized carbons (Fsp3) is 0.625. The molecule has 7 heteroatoms. The highest BCUT2D eigenvalue weighted by Gasteiger charge is 2.21. The third-order valence-electron chi connectivity index (χ3n) is 4.56. The lowest BCUT2D eigenvalue weighted by molar-refractivity contribution is -0.385. The molecule has 0 aromatic heterocycles. The van der Waals surface area contributed by atoms with Crippen molar-refractivity contribution >= 4 is 21.2 Å². The average molecular weight is 340 g/mol. The van der Waals surface area contributed by atoms with E-state index in [4.69, 9.17) is 0 Å². The monoisotopic (exact) mass is 340 g/mol. The summed E-state index contributed by atoms with van der Waals surface area (Å²) in [5.74, 6) is 0.700. The molecule has 0 heterocycles. The largest absolute Gasteiger partial charge is 0.374 e. The normalized spacial score (nSPS) is 16.3. The summed E-state index contributed by atoms with van der Waals surface area (Å²) in [4.78, 5) is 12.2. The fourth-order valence-corrected chi connectivity index (χ4v) is 4.14. The van der Waals surface area contributed by atoms with E-state index in [0.717, 1.165) is 25.3 Å². The van der Waals surface area contributed by atoms with Crippen molar-refractivity contribution in [3.8, 4) is 0 Å². The average Bonchev–Trinajstić information content (AvgIpc) is 2.52. The lowest BCUT2D eigenvalue weighted by atomic mass is 9.87. The van der Waals surface area contributed by atoms with Crippen molar-refractivity contribution in [1.29, 1.82) is 0 Å². The van der Waals surface area contributed by atoms with Crippen molar-refractivity contribution in [3.05, 3.63) is 28.3 Å². The minimum absolute atomic E-state index is 0.0258. The maximum Gasteiger partial charge on any atom is 0.270 e. The molecule has 1 fully saturated rings. The van der Waals surface area contributed by atoms with Crippen molar-refractivity contribution < 1.29 is 13.3 Å².